The highest BCUT2D eigenvalue weighted by Crippen LogP contribution is 2.37. The summed E-state index contributed by atoms with van der Waals surface area (Å²) in [6.07, 6.45) is 17.4. The molecule has 246 valence electrons. The first-order valence-electron chi connectivity index (χ1n) is 17.1. The number of para-hydroxylation sites is 1. The van der Waals surface area contributed by atoms with Gasteiger partial charge in [-0.3, -0.25) is 0 Å². The molecule has 8 aromatic rings. The van der Waals surface area contributed by atoms with Gasteiger partial charge in [0.25, 0.3) is 0 Å². The number of hydrogen-bond acceptors (Lipinski definition) is 4. The van der Waals surface area contributed by atoms with E-state index in [9.17, 15) is 0 Å². The number of fused-ring (bicyclic) bond motifs is 5. The molecule has 0 N–H and O–H groups in total. The average Bonchev–Trinajstić information content (AvgIpc) is 3.84. The van der Waals surface area contributed by atoms with Gasteiger partial charge in [0.2, 0.25) is 0 Å². The van der Waals surface area contributed by atoms with E-state index in [4.69, 9.17) is 20.2 Å². The van der Waals surface area contributed by atoms with Crippen molar-refractivity contribution >= 4 is 38.8 Å². The Morgan fingerprint density at radius 1 is 0.600 bits per heavy atom. The summed E-state index contributed by atoms with van der Waals surface area (Å²) in [5.74, 6) is 1.32. The molecule has 7 heteroatoms. The van der Waals surface area contributed by atoms with E-state index >= 15 is 0 Å². The normalized spacial score (nSPS) is 12.6. The van der Waals surface area contributed by atoms with Crippen LogP contribution in [0.15, 0.2) is 153 Å². The average molecular weight is 654 g/mol. The number of rotatable bonds is 5. The van der Waals surface area contributed by atoms with Crippen LogP contribution in [-0.4, -0.2) is 33.8 Å². The van der Waals surface area contributed by atoms with Crippen molar-refractivity contribution < 1.29 is 0 Å². The van der Waals surface area contributed by atoms with Crippen molar-refractivity contribution in [3.05, 3.63) is 153 Å². The number of pyridine rings is 2. The number of benzene rings is 3. The Labute approximate surface area is 291 Å². The molecule has 5 heterocycles. The van der Waals surface area contributed by atoms with Crippen molar-refractivity contribution in [3.8, 4) is 33.9 Å². The second kappa shape index (κ2) is 14.4. The molecule has 0 atom stereocenters. The summed E-state index contributed by atoms with van der Waals surface area (Å²) in [7, 11) is 0. The van der Waals surface area contributed by atoms with E-state index in [2.05, 4.69) is 96.6 Å². The molecule has 0 amide bonds. The number of hydrogen-bond donors (Lipinski definition) is 0. The number of aromatic nitrogens is 7. The summed E-state index contributed by atoms with van der Waals surface area (Å²) in [5, 5.41) is 12.0. The van der Waals surface area contributed by atoms with E-state index in [1.807, 2.05) is 71.7 Å². The highest BCUT2D eigenvalue weighted by Gasteiger charge is 2.17. The third-order valence-electron chi connectivity index (χ3n) is 8.58. The summed E-state index contributed by atoms with van der Waals surface area (Å²) in [5.41, 5.74) is 9.26. The minimum atomic E-state index is 0.660. The fraction of sp³-hybridized carbons (Fsp3) is 0.116. The zero-order valence-corrected chi connectivity index (χ0v) is 28.4. The van der Waals surface area contributed by atoms with E-state index < -0.39 is 0 Å². The lowest BCUT2D eigenvalue weighted by molar-refractivity contribution is 0.875. The zero-order chi connectivity index (χ0) is 34.5. The quantitative estimate of drug-likeness (QED) is 0.173. The highest BCUT2D eigenvalue weighted by atomic mass is 15.3. The smallest absolute Gasteiger partial charge is 0.182 e. The van der Waals surface area contributed by atoms with Gasteiger partial charge in [-0.05, 0) is 97.1 Å². The summed E-state index contributed by atoms with van der Waals surface area (Å²) >= 11 is 0. The maximum absolute atomic E-state index is 4.84. The Bertz CT molecular complexity index is 2380. The Morgan fingerprint density at radius 3 is 1.84 bits per heavy atom. The van der Waals surface area contributed by atoms with Gasteiger partial charge in [-0.25, -0.2) is 19.0 Å². The first-order chi connectivity index (χ1) is 24.7. The van der Waals surface area contributed by atoms with Crippen molar-refractivity contribution in [3.63, 3.8) is 0 Å². The molecule has 9 rings (SSSR count). The van der Waals surface area contributed by atoms with Gasteiger partial charge in [-0.15, -0.1) is 10.2 Å². The lowest BCUT2D eigenvalue weighted by atomic mass is 9.97. The molecular weight excluding hydrogens is 615 g/mol. The molecule has 50 heavy (non-hydrogen) atoms. The number of nitrogens with zero attached hydrogens (tertiary/aromatic N) is 7. The number of allylic oxidation sites excluding steroid dienone is 6. The van der Waals surface area contributed by atoms with Gasteiger partial charge in [0.05, 0.1) is 11.0 Å². The van der Waals surface area contributed by atoms with E-state index in [-0.39, 0.29) is 0 Å². The van der Waals surface area contributed by atoms with Crippen LogP contribution < -0.4 is 0 Å². The second-order valence-corrected chi connectivity index (χ2v) is 11.7. The summed E-state index contributed by atoms with van der Waals surface area (Å²) in [4.78, 5) is 9.68. The van der Waals surface area contributed by atoms with Gasteiger partial charge < -0.3 is 4.57 Å². The van der Waals surface area contributed by atoms with Crippen molar-refractivity contribution in [2.24, 2.45) is 0 Å². The molecule has 1 aliphatic carbocycles. The third-order valence-corrected chi connectivity index (χ3v) is 8.58. The van der Waals surface area contributed by atoms with Crippen LogP contribution in [0.4, 0.5) is 0 Å². The van der Waals surface area contributed by atoms with Crippen LogP contribution in [0.5, 0.6) is 0 Å². The second-order valence-electron chi connectivity index (χ2n) is 11.7. The van der Waals surface area contributed by atoms with E-state index in [1.165, 1.54) is 33.9 Å². The maximum atomic E-state index is 4.84. The van der Waals surface area contributed by atoms with Gasteiger partial charge in [0.1, 0.15) is 0 Å². The Morgan fingerprint density at radius 2 is 1.20 bits per heavy atom. The van der Waals surface area contributed by atoms with Gasteiger partial charge in [-0.2, -0.15) is 0 Å². The molecule has 3 aromatic carbocycles. The van der Waals surface area contributed by atoms with Crippen LogP contribution in [0.1, 0.15) is 33.1 Å². The van der Waals surface area contributed by atoms with Crippen LogP contribution in [-0.2, 0) is 0 Å². The lowest BCUT2D eigenvalue weighted by Crippen LogP contribution is -1.94. The molecule has 0 bridgehead atoms. The molecule has 5 aromatic heterocycles. The van der Waals surface area contributed by atoms with Crippen molar-refractivity contribution in [2.75, 3.05) is 0 Å². The molecular formula is C43H39N7. The molecule has 0 radical (unpaired) electrons. The van der Waals surface area contributed by atoms with Crippen molar-refractivity contribution in [1.29, 1.82) is 0 Å². The molecule has 7 nitrogen and oxygen atoms in total. The SMILES string of the molecule is C1=CC(n2c3ccccc3c3cc(-c4cc(-c5nc6ccccn6n5)cc(-c5nc6ccccn6n5)c4)ccc32)=CCCC1.C=CC=C.CC. The van der Waals surface area contributed by atoms with Gasteiger partial charge >= 0.3 is 0 Å². The van der Waals surface area contributed by atoms with Crippen LogP contribution in [0.2, 0.25) is 0 Å². The predicted octanol–water partition coefficient (Wildman–Crippen LogP) is 10.8. The van der Waals surface area contributed by atoms with Gasteiger partial charge in [-0.1, -0.05) is 87.7 Å². The minimum absolute atomic E-state index is 0.660. The van der Waals surface area contributed by atoms with E-state index in [1.54, 1.807) is 12.2 Å². The summed E-state index contributed by atoms with van der Waals surface area (Å²) < 4.78 is 6.02. The molecule has 1 aliphatic rings. The fourth-order valence-corrected chi connectivity index (χ4v) is 6.31. The van der Waals surface area contributed by atoms with Gasteiger partial charge in [0, 0.05) is 40.0 Å². The summed E-state index contributed by atoms with van der Waals surface area (Å²) in [6.45, 7) is 10.7. The largest absolute Gasteiger partial charge is 0.310 e. The minimum Gasteiger partial charge on any atom is -0.310 e. The molecule has 0 saturated carbocycles. The molecule has 0 fully saturated rings. The summed E-state index contributed by atoms with van der Waals surface area (Å²) in [6, 6.07) is 33.7. The van der Waals surface area contributed by atoms with Crippen LogP contribution in [0.3, 0.4) is 0 Å². The van der Waals surface area contributed by atoms with E-state index in [0.29, 0.717) is 11.6 Å². The third kappa shape index (κ3) is 6.17. The van der Waals surface area contributed by atoms with Crippen LogP contribution in [0, 0.1) is 0 Å². The lowest BCUT2D eigenvalue weighted by Gasteiger charge is -2.10. The van der Waals surface area contributed by atoms with Crippen LogP contribution in [0.25, 0.3) is 72.7 Å². The highest BCUT2D eigenvalue weighted by molar-refractivity contribution is 6.11. The monoisotopic (exact) mass is 653 g/mol. The molecule has 0 unspecified atom stereocenters. The first-order valence-corrected chi connectivity index (χ1v) is 17.1. The maximum Gasteiger partial charge on any atom is 0.182 e. The van der Waals surface area contributed by atoms with Gasteiger partial charge in [0.15, 0.2) is 22.9 Å². The zero-order valence-electron chi connectivity index (χ0n) is 28.4. The molecule has 0 aliphatic heterocycles. The first kappa shape index (κ1) is 32.2. The van der Waals surface area contributed by atoms with Crippen molar-refractivity contribution in [2.45, 2.75) is 33.1 Å². The fourth-order valence-electron chi connectivity index (χ4n) is 6.31. The molecule has 0 spiro atoms. The topological polar surface area (TPSA) is 65.3 Å². The predicted molar refractivity (Wildman–Crippen MR) is 208 cm³/mol. The standard InChI is InChI=1S/C37H27N7.C4H6.C2H6/c1-2-4-12-29(11-3-1)44-32-14-6-5-13-30(32)31-24-25(17-18-33(31)44)26-21-27(36-38-34-15-7-9-19-42(34)40-36)23-28(22-26)37-39-35-16-8-10-20-43(35)41-37;1-3-4-2;1-2/h3,5-24H,1-2,4H2;3-4H,1-2H2;1-2H3. The Kier molecular flexibility index (Phi) is 9.29. The molecule has 0 saturated heterocycles. The Balaban J connectivity index is 0.000000613. The van der Waals surface area contributed by atoms with E-state index in [0.717, 1.165) is 46.4 Å². The Hall–Kier alpha value is -6.34. The van der Waals surface area contributed by atoms with Crippen molar-refractivity contribution in [1.82, 2.24) is 33.8 Å². The van der Waals surface area contributed by atoms with Crippen LogP contribution >= 0.6 is 0 Å².